The van der Waals surface area contributed by atoms with Crippen LogP contribution in [0.25, 0.3) is 0 Å². The van der Waals surface area contributed by atoms with E-state index in [4.69, 9.17) is 4.74 Å². The molecule has 0 aliphatic heterocycles. The van der Waals surface area contributed by atoms with Crippen molar-refractivity contribution >= 4 is 5.97 Å². The molecule has 1 N–H and O–H groups in total. The van der Waals surface area contributed by atoms with E-state index in [1.165, 1.54) is 48.8 Å². The van der Waals surface area contributed by atoms with Crippen molar-refractivity contribution < 1.29 is 14.6 Å². The second-order valence-corrected chi connectivity index (χ2v) is 12.9. The van der Waals surface area contributed by atoms with Gasteiger partial charge in [-0.05, 0) is 80.1 Å². The molecule has 0 radical (unpaired) electrons. The molecule has 1 unspecified atom stereocenters. The van der Waals surface area contributed by atoms with Gasteiger partial charge in [0.15, 0.2) is 0 Å². The highest BCUT2D eigenvalue weighted by atomic mass is 16.5. The quantitative estimate of drug-likeness (QED) is 0.229. The normalized spacial score (nSPS) is 33.8. The molecule has 0 aromatic carbocycles. The Morgan fingerprint density at radius 2 is 1.94 bits per heavy atom. The van der Waals surface area contributed by atoms with E-state index in [2.05, 4.69) is 53.3 Å². The molecule has 0 amide bonds. The number of rotatable bonds is 11. The predicted molar refractivity (Wildman–Crippen MR) is 151 cm³/mol. The summed E-state index contributed by atoms with van der Waals surface area (Å²) in [5, 5.41) is 10.2. The van der Waals surface area contributed by atoms with Crippen LogP contribution in [-0.2, 0) is 9.53 Å². The van der Waals surface area contributed by atoms with Crippen molar-refractivity contribution in [3.8, 4) is 0 Å². The third-order valence-corrected chi connectivity index (χ3v) is 9.56. The molecule has 0 saturated heterocycles. The van der Waals surface area contributed by atoms with Crippen molar-refractivity contribution in [3.63, 3.8) is 0 Å². The Labute approximate surface area is 221 Å². The number of carbonyl (C=O) groups excluding carboxylic acids is 1. The van der Waals surface area contributed by atoms with E-state index in [0.717, 1.165) is 57.3 Å². The number of hydrogen-bond acceptors (Lipinski definition) is 3. The molecule has 0 bridgehead atoms. The smallest absolute Gasteiger partial charge is 0.306 e. The maximum Gasteiger partial charge on any atom is 0.306 e. The lowest BCUT2D eigenvalue weighted by Crippen LogP contribution is -2.39. The van der Waals surface area contributed by atoms with E-state index >= 15 is 0 Å². The van der Waals surface area contributed by atoms with Gasteiger partial charge in [0.1, 0.15) is 6.10 Å². The maximum absolute atomic E-state index is 12.9. The maximum atomic E-state index is 12.9. The molecule has 3 rings (SSSR count). The number of hydrogen-bond donors (Lipinski definition) is 1. The van der Waals surface area contributed by atoms with Crippen LogP contribution in [0.15, 0.2) is 35.5 Å². The van der Waals surface area contributed by atoms with Gasteiger partial charge in [-0.1, -0.05) is 96.6 Å². The minimum absolute atomic E-state index is 0.00946. The van der Waals surface area contributed by atoms with Crippen LogP contribution in [0.2, 0.25) is 0 Å². The van der Waals surface area contributed by atoms with Crippen molar-refractivity contribution in [1.82, 2.24) is 0 Å². The minimum atomic E-state index is -0.240. The first-order chi connectivity index (χ1) is 17.2. The van der Waals surface area contributed by atoms with Gasteiger partial charge in [0.25, 0.3) is 0 Å². The summed E-state index contributed by atoms with van der Waals surface area (Å²) in [6.45, 7) is 16.0. The number of ether oxygens (including phenoxy) is 1. The van der Waals surface area contributed by atoms with Gasteiger partial charge < -0.3 is 9.84 Å². The van der Waals surface area contributed by atoms with Gasteiger partial charge in [-0.25, -0.2) is 0 Å². The molecule has 3 aliphatic rings. The zero-order chi connectivity index (χ0) is 26.3. The molecule has 6 atom stereocenters. The molecule has 3 fully saturated rings. The van der Waals surface area contributed by atoms with Crippen LogP contribution in [-0.4, -0.2) is 23.3 Å². The number of allylic oxidation sites excluding steroid dienone is 4. The van der Waals surface area contributed by atoms with Crippen molar-refractivity contribution in [3.05, 3.63) is 35.5 Å². The highest BCUT2D eigenvalue weighted by molar-refractivity contribution is 5.69. The molecule has 0 heterocycles. The molecule has 36 heavy (non-hydrogen) atoms. The fraction of sp³-hybridized carbons (Fsp3) is 0.788. The van der Waals surface area contributed by atoms with Gasteiger partial charge in [-0.15, -0.1) is 0 Å². The Morgan fingerprint density at radius 1 is 1.17 bits per heavy atom. The van der Waals surface area contributed by atoms with Gasteiger partial charge in [0, 0.05) is 12.3 Å². The summed E-state index contributed by atoms with van der Waals surface area (Å²) in [5.41, 5.74) is 4.09. The van der Waals surface area contributed by atoms with Crippen LogP contribution in [0.1, 0.15) is 125 Å². The third-order valence-electron chi connectivity index (χ3n) is 9.56. The average molecular weight is 499 g/mol. The number of aliphatic hydroxyl groups is 1. The highest BCUT2D eigenvalue weighted by Crippen LogP contribution is 2.60. The van der Waals surface area contributed by atoms with Crippen molar-refractivity contribution in [2.24, 2.45) is 29.1 Å². The first-order valence-corrected chi connectivity index (χ1v) is 15.1. The molecule has 3 nitrogen and oxygen atoms in total. The van der Waals surface area contributed by atoms with Gasteiger partial charge in [0.05, 0.1) is 6.10 Å². The number of carbonyl (C=O) groups is 1. The van der Waals surface area contributed by atoms with Crippen LogP contribution in [0.3, 0.4) is 0 Å². The van der Waals surface area contributed by atoms with Crippen LogP contribution < -0.4 is 0 Å². The predicted octanol–water partition coefficient (Wildman–Crippen LogP) is 8.72. The van der Waals surface area contributed by atoms with Crippen LogP contribution in [0, 0.1) is 29.1 Å². The zero-order valence-corrected chi connectivity index (χ0v) is 24.0. The van der Waals surface area contributed by atoms with E-state index in [9.17, 15) is 9.90 Å². The van der Waals surface area contributed by atoms with E-state index < -0.39 is 0 Å². The number of unbranched alkanes of at least 4 members (excludes halogenated alkanes) is 2. The monoisotopic (exact) mass is 498 g/mol. The van der Waals surface area contributed by atoms with Crippen molar-refractivity contribution in [2.45, 2.75) is 137 Å². The Hall–Kier alpha value is -1.35. The van der Waals surface area contributed by atoms with Crippen molar-refractivity contribution in [1.29, 1.82) is 0 Å². The molecule has 204 valence electrons. The Bertz CT molecular complexity index is 806. The van der Waals surface area contributed by atoms with Gasteiger partial charge in [-0.2, -0.15) is 0 Å². The number of aliphatic hydroxyl groups excluding tert-OH is 1. The lowest BCUT2D eigenvalue weighted by Gasteiger charge is -2.44. The highest BCUT2D eigenvalue weighted by Gasteiger charge is 2.56. The first-order valence-electron chi connectivity index (χ1n) is 15.1. The summed E-state index contributed by atoms with van der Waals surface area (Å²) in [5.74, 6) is 2.19. The SMILES string of the molecule is C=C1CC[C@H](O)C/C1=C\C=C1/CCC[C@@]2(C)[C@@H]([C@H](C)CCCC(C)C)C(OC(=O)CCCCC)C[C@@H]12. The van der Waals surface area contributed by atoms with Gasteiger partial charge >= 0.3 is 5.97 Å². The molecule has 3 heteroatoms. The number of esters is 1. The second-order valence-electron chi connectivity index (χ2n) is 12.9. The molecule has 0 aromatic rings. The summed E-state index contributed by atoms with van der Waals surface area (Å²) in [4.78, 5) is 12.9. The molecular weight excluding hydrogens is 444 g/mol. The first kappa shape index (κ1) is 29.2. The molecular formula is C33H54O3. The van der Waals surface area contributed by atoms with Gasteiger partial charge in [0.2, 0.25) is 0 Å². The molecule has 3 aliphatic carbocycles. The Balaban J connectivity index is 1.82. The van der Waals surface area contributed by atoms with E-state index in [0.29, 0.717) is 24.2 Å². The lowest BCUT2D eigenvalue weighted by atomic mass is 9.60. The fourth-order valence-corrected chi connectivity index (χ4v) is 7.58. The lowest BCUT2D eigenvalue weighted by molar-refractivity contribution is -0.153. The summed E-state index contributed by atoms with van der Waals surface area (Å²) in [7, 11) is 0. The van der Waals surface area contributed by atoms with E-state index in [-0.39, 0.29) is 23.6 Å². The zero-order valence-electron chi connectivity index (χ0n) is 24.0. The van der Waals surface area contributed by atoms with E-state index in [1.807, 2.05) is 0 Å². The van der Waals surface area contributed by atoms with E-state index in [1.54, 1.807) is 0 Å². The standard InChI is InChI=1S/C33H54O3/c1-7-8-9-15-31(35)36-30-22-29-26(17-18-27-21-28(34)19-16-24(27)4)14-11-20-33(29,6)32(30)25(5)13-10-12-23(2)3/h17-18,23,25,28-30,32,34H,4,7-16,19-22H2,1-3,5-6H3/b26-17+,27-18+/t25-,28+,29+,30?,32+,33-/m1/s1. The average Bonchev–Trinajstić information content (AvgIpc) is 3.11. The molecule has 0 aromatic heterocycles. The molecule has 0 spiro atoms. The second kappa shape index (κ2) is 13.4. The summed E-state index contributed by atoms with van der Waals surface area (Å²) in [6, 6.07) is 0. The summed E-state index contributed by atoms with van der Waals surface area (Å²) in [6.07, 6.45) is 18.8. The minimum Gasteiger partial charge on any atom is -0.462 e. The Morgan fingerprint density at radius 3 is 2.67 bits per heavy atom. The van der Waals surface area contributed by atoms with Crippen molar-refractivity contribution in [2.75, 3.05) is 0 Å². The van der Waals surface area contributed by atoms with Crippen LogP contribution in [0.4, 0.5) is 0 Å². The fourth-order valence-electron chi connectivity index (χ4n) is 7.58. The molecule has 3 saturated carbocycles. The van der Waals surface area contributed by atoms with Crippen LogP contribution >= 0.6 is 0 Å². The number of fused-ring (bicyclic) bond motifs is 1. The third kappa shape index (κ3) is 7.36. The summed E-state index contributed by atoms with van der Waals surface area (Å²) >= 11 is 0. The van der Waals surface area contributed by atoms with Crippen LogP contribution in [0.5, 0.6) is 0 Å². The van der Waals surface area contributed by atoms with Gasteiger partial charge in [-0.3, -0.25) is 4.79 Å². The largest absolute Gasteiger partial charge is 0.462 e. The summed E-state index contributed by atoms with van der Waals surface area (Å²) < 4.78 is 6.32. The topological polar surface area (TPSA) is 46.5 Å². The Kier molecular flexibility index (Phi) is 10.9.